The molecule has 27 heavy (non-hydrogen) atoms. The molecule has 1 aromatic heterocycles. The number of aryl methyl sites for hydroxylation is 2. The van der Waals surface area contributed by atoms with Crippen LogP contribution in [0.1, 0.15) is 33.9 Å². The summed E-state index contributed by atoms with van der Waals surface area (Å²) in [5.41, 5.74) is 5.70. The van der Waals surface area contributed by atoms with Gasteiger partial charge in [-0.25, -0.2) is 0 Å². The summed E-state index contributed by atoms with van der Waals surface area (Å²) < 4.78 is 16.5. The van der Waals surface area contributed by atoms with Crippen LogP contribution in [0.5, 0.6) is 11.5 Å². The predicted molar refractivity (Wildman–Crippen MR) is 99.9 cm³/mol. The van der Waals surface area contributed by atoms with Gasteiger partial charge in [0.1, 0.15) is 11.5 Å². The molecular formula is C19H19ClN2O5. The molecule has 7 nitrogen and oxygen atoms in total. The number of ether oxygens (including phenoxy) is 2. The third-order valence-electron chi connectivity index (χ3n) is 3.84. The van der Waals surface area contributed by atoms with E-state index in [1.807, 2.05) is 0 Å². The van der Waals surface area contributed by atoms with Crippen molar-refractivity contribution in [2.75, 3.05) is 13.2 Å². The maximum atomic E-state index is 12.0. The summed E-state index contributed by atoms with van der Waals surface area (Å²) in [6, 6.07) is 5.02. The van der Waals surface area contributed by atoms with E-state index < -0.39 is 11.8 Å². The molecule has 2 heterocycles. The molecule has 2 aromatic rings. The Morgan fingerprint density at radius 1 is 1.11 bits per heavy atom. The normalized spacial score (nSPS) is 13.3. The van der Waals surface area contributed by atoms with E-state index in [9.17, 15) is 9.59 Å². The number of benzene rings is 1. The van der Waals surface area contributed by atoms with Crippen LogP contribution in [0.25, 0.3) is 6.08 Å². The van der Waals surface area contributed by atoms with Crippen molar-refractivity contribution in [2.24, 2.45) is 0 Å². The van der Waals surface area contributed by atoms with E-state index in [0.717, 1.165) is 6.42 Å². The first-order chi connectivity index (χ1) is 12.9. The summed E-state index contributed by atoms with van der Waals surface area (Å²) in [5, 5.41) is 0.411. The lowest BCUT2D eigenvalue weighted by Gasteiger charge is -2.10. The van der Waals surface area contributed by atoms with Gasteiger partial charge in [-0.05, 0) is 43.7 Å². The Morgan fingerprint density at radius 2 is 1.89 bits per heavy atom. The lowest BCUT2D eigenvalue weighted by molar-refractivity contribution is -0.117. The van der Waals surface area contributed by atoms with Crippen LogP contribution >= 0.6 is 11.6 Å². The summed E-state index contributed by atoms with van der Waals surface area (Å²) in [6.07, 6.45) is 3.62. The minimum absolute atomic E-state index is 0.367. The minimum atomic E-state index is -0.496. The van der Waals surface area contributed by atoms with Crippen molar-refractivity contribution in [1.82, 2.24) is 10.9 Å². The smallest absolute Gasteiger partial charge is 0.273 e. The van der Waals surface area contributed by atoms with Gasteiger partial charge in [0, 0.05) is 12.5 Å². The Morgan fingerprint density at radius 3 is 2.63 bits per heavy atom. The molecule has 0 radical (unpaired) electrons. The van der Waals surface area contributed by atoms with Gasteiger partial charge >= 0.3 is 0 Å². The van der Waals surface area contributed by atoms with Crippen LogP contribution in [0.2, 0.25) is 5.02 Å². The van der Waals surface area contributed by atoms with Gasteiger partial charge in [0.2, 0.25) is 0 Å². The number of hydrazine groups is 1. The molecule has 8 heteroatoms. The number of hydrogen-bond acceptors (Lipinski definition) is 5. The summed E-state index contributed by atoms with van der Waals surface area (Å²) >= 11 is 6.22. The summed E-state index contributed by atoms with van der Waals surface area (Å²) in [5.74, 6) is 1.20. The second kappa shape index (κ2) is 8.18. The lowest BCUT2D eigenvalue weighted by atomic mass is 10.2. The quantitative estimate of drug-likeness (QED) is 0.620. The van der Waals surface area contributed by atoms with Crippen LogP contribution in [0.4, 0.5) is 0 Å². The Labute approximate surface area is 161 Å². The van der Waals surface area contributed by atoms with E-state index in [4.69, 9.17) is 25.5 Å². The molecule has 0 aliphatic carbocycles. The summed E-state index contributed by atoms with van der Waals surface area (Å²) in [6.45, 7) is 4.50. The number of carbonyl (C=O) groups excluding carboxylic acids is 2. The number of furan rings is 1. The SMILES string of the molecule is Cc1cc(C(=O)NNC(=O)/C=C/c2cc(Cl)c3c(c2)OCCCO3)c(C)o1. The third-order valence-corrected chi connectivity index (χ3v) is 4.12. The van der Waals surface area contributed by atoms with E-state index in [1.165, 1.54) is 6.08 Å². The number of rotatable bonds is 3. The molecule has 0 atom stereocenters. The van der Waals surface area contributed by atoms with E-state index >= 15 is 0 Å². The molecule has 0 saturated carbocycles. The van der Waals surface area contributed by atoms with Crippen LogP contribution in [-0.4, -0.2) is 25.0 Å². The van der Waals surface area contributed by atoms with Crippen LogP contribution < -0.4 is 20.3 Å². The van der Waals surface area contributed by atoms with Gasteiger partial charge in [-0.2, -0.15) is 0 Å². The monoisotopic (exact) mass is 390 g/mol. The molecule has 0 bridgehead atoms. The molecule has 0 saturated heterocycles. The number of halogens is 1. The molecule has 1 aliphatic rings. The Bertz CT molecular complexity index is 904. The first kappa shape index (κ1) is 18.8. The molecule has 2 amide bonds. The number of fused-ring (bicyclic) bond motifs is 1. The number of hydrogen-bond donors (Lipinski definition) is 2. The zero-order chi connectivity index (χ0) is 19.4. The highest BCUT2D eigenvalue weighted by Gasteiger charge is 2.15. The summed E-state index contributed by atoms with van der Waals surface area (Å²) in [4.78, 5) is 24.0. The number of nitrogens with one attached hydrogen (secondary N) is 2. The van der Waals surface area contributed by atoms with E-state index in [0.29, 0.717) is 52.4 Å². The van der Waals surface area contributed by atoms with E-state index in [1.54, 1.807) is 38.1 Å². The molecule has 3 rings (SSSR count). The molecule has 1 aliphatic heterocycles. The molecule has 0 spiro atoms. The number of amides is 2. The predicted octanol–water partition coefficient (Wildman–Crippen LogP) is 3.19. The van der Waals surface area contributed by atoms with Gasteiger partial charge in [-0.3, -0.25) is 20.4 Å². The molecule has 1 aromatic carbocycles. The zero-order valence-corrected chi connectivity index (χ0v) is 15.7. The second-order valence-corrected chi connectivity index (χ2v) is 6.39. The average molecular weight is 391 g/mol. The Hall–Kier alpha value is -2.93. The second-order valence-electron chi connectivity index (χ2n) is 5.98. The van der Waals surface area contributed by atoms with Gasteiger partial charge in [-0.15, -0.1) is 0 Å². The van der Waals surface area contributed by atoms with Crippen molar-refractivity contribution in [2.45, 2.75) is 20.3 Å². The van der Waals surface area contributed by atoms with Crippen molar-refractivity contribution in [3.63, 3.8) is 0 Å². The molecule has 142 valence electrons. The minimum Gasteiger partial charge on any atom is -0.489 e. The summed E-state index contributed by atoms with van der Waals surface area (Å²) in [7, 11) is 0. The van der Waals surface area contributed by atoms with Crippen molar-refractivity contribution >= 4 is 29.5 Å². The largest absolute Gasteiger partial charge is 0.489 e. The van der Waals surface area contributed by atoms with Crippen molar-refractivity contribution in [3.05, 3.63) is 51.9 Å². The maximum absolute atomic E-state index is 12.0. The topological polar surface area (TPSA) is 89.8 Å². The third kappa shape index (κ3) is 4.62. The highest BCUT2D eigenvalue weighted by atomic mass is 35.5. The van der Waals surface area contributed by atoms with Crippen molar-refractivity contribution < 1.29 is 23.5 Å². The Kier molecular flexibility index (Phi) is 5.71. The lowest BCUT2D eigenvalue weighted by Crippen LogP contribution is -2.40. The van der Waals surface area contributed by atoms with Crippen molar-refractivity contribution in [3.8, 4) is 11.5 Å². The van der Waals surface area contributed by atoms with Crippen LogP contribution in [0.3, 0.4) is 0 Å². The molecular weight excluding hydrogens is 372 g/mol. The molecule has 2 N–H and O–H groups in total. The maximum Gasteiger partial charge on any atom is 0.273 e. The first-order valence-corrected chi connectivity index (χ1v) is 8.76. The average Bonchev–Trinajstić information content (AvgIpc) is 2.83. The first-order valence-electron chi connectivity index (χ1n) is 8.38. The number of carbonyl (C=O) groups is 2. The van der Waals surface area contributed by atoms with Gasteiger partial charge in [0.25, 0.3) is 11.8 Å². The van der Waals surface area contributed by atoms with E-state index in [2.05, 4.69) is 10.9 Å². The molecule has 0 unspecified atom stereocenters. The van der Waals surface area contributed by atoms with Gasteiger partial charge in [0.15, 0.2) is 11.5 Å². The van der Waals surface area contributed by atoms with Gasteiger partial charge < -0.3 is 13.9 Å². The molecule has 0 fully saturated rings. The van der Waals surface area contributed by atoms with Gasteiger partial charge in [0.05, 0.1) is 23.8 Å². The fourth-order valence-electron chi connectivity index (χ4n) is 2.60. The Balaban J connectivity index is 1.61. The van der Waals surface area contributed by atoms with Crippen LogP contribution in [0, 0.1) is 13.8 Å². The van der Waals surface area contributed by atoms with Crippen molar-refractivity contribution in [1.29, 1.82) is 0 Å². The van der Waals surface area contributed by atoms with Crippen LogP contribution in [0.15, 0.2) is 28.7 Å². The van der Waals surface area contributed by atoms with Gasteiger partial charge in [-0.1, -0.05) is 11.6 Å². The highest BCUT2D eigenvalue weighted by Crippen LogP contribution is 2.38. The fourth-order valence-corrected chi connectivity index (χ4v) is 2.88. The highest BCUT2D eigenvalue weighted by molar-refractivity contribution is 6.32. The fraction of sp³-hybridized carbons (Fsp3) is 0.263. The van der Waals surface area contributed by atoms with E-state index in [-0.39, 0.29) is 0 Å². The standard InChI is InChI=1S/C19H19ClN2O5/c1-11-8-14(12(2)27-11)19(24)22-21-17(23)5-4-13-9-15(20)18-16(10-13)25-6-3-7-26-18/h4-5,8-10H,3,6-7H2,1-2H3,(H,21,23)(H,22,24)/b5-4+. The van der Waals surface area contributed by atoms with Crippen LogP contribution in [-0.2, 0) is 4.79 Å². The zero-order valence-electron chi connectivity index (χ0n) is 14.9.